The third-order valence-electron chi connectivity index (χ3n) is 4.97. The van der Waals surface area contributed by atoms with Gasteiger partial charge in [-0.2, -0.15) is 5.26 Å². The largest absolute Gasteiger partial charge is 0.439 e. The number of halogens is 2. The Hall–Kier alpha value is -5.11. The molecule has 2 aromatic heterocycles. The van der Waals surface area contributed by atoms with Crippen LogP contribution in [0.3, 0.4) is 0 Å². The Kier molecular flexibility index (Phi) is 7.26. The Morgan fingerprint density at radius 1 is 0.972 bits per heavy atom. The van der Waals surface area contributed by atoms with E-state index in [1.807, 2.05) is 18.2 Å². The topological polar surface area (TPSA) is 139 Å². The molecule has 4 aromatic rings. The molecule has 180 valence electrons. The summed E-state index contributed by atoms with van der Waals surface area (Å²) in [5.41, 5.74) is 7.21. The lowest BCUT2D eigenvalue weighted by atomic mass is 10.1. The lowest BCUT2D eigenvalue weighted by Gasteiger charge is -2.12. The fourth-order valence-corrected chi connectivity index (χ4v) is 3.16. The number of pyridine rings is 1. The van der Waals surface area contributed by atoms with E-state index in [0.717, 1.165) is 17.7 Å². The molecule has 2 heterocycles. The van der Waals surface area contributed by atoms with Crippen molar-refractivity contribution in [1.29, 1.82) is 5.26 Å². The Bertz CT molecular complexity index is 1440. The van der Waals surface area contributed by atoms with Gasteiger partial charge in [0, 0.05) is 25.4 Å². The summed E-state index contributed by atoms with van der Waals surface area (Å²) < 4.78 is 32.2. The number of aromatic nitrogens is 3. The molecule has 0 unspecified atom stereocenters. The Labute approximate surface area is 204 Å². The highest BCUT2D eigenvalue weighted by atomic mass is 19.2. The second kappa shape index (κ2) is 10.9. The zero-order valence-corrected chi connectivity index (χ0v) is 18.7. The SMILES string of the molecule is N#Cc1cnc(NCc2ccc(Oc3cc(N)ncn3)cc2)c(C(=O)NCc2ccc(F)c(F)c2)c1. The standard InChI is InChI=1S/C25H19F2N7O2/c26-20-6-3-16(8-21(20)27)12-32-25(35)19-7-17(10-28)13-31-24(19)30-11-15-1-4-18(5-2-15)36-23-9-22(29)33-14-34-23/h1-9,13-14H,11-12H2,(H,30,31)(H,32,35)(H2,29,33,34). The van der Waals surface area contributed by atoms with Crippen LogP contribution in [0.2, 0.25) is 0 Å². The molecule has 9 nitrogen and oxygen atoms in total. The molecule has 0 fully saturated rings. The van der Waals surface area contributed by atoms with Gasteiger partial charge in [-0.25, -0.2) is 23.7 Å². The average molecular weight is 487 g/mol. The maximum atomic E-state index is 13.4. The van der Waals surface area contributed by atoms with Crippen molar-refractivity contribution >= 4 is 17.5 Å². The molecule has 0 radical (unpaired) electrons. The van der Waals surface area contributed by atoms with Crippen LogP contribution in [-0.2, 0) is 13.1 Å². The molecular weight excluding hydrogens is 468 g/mol. The molecule has 0 aliphatic heterocycles. The number of nitriles is 1. The molecule has 11 heteroatoms. The summed E-state index contributed by atoms with van der Waals surface area (Å²) in [7, 11) is 0. The first kappa shape index (κ1) is 24.0. The van der Waals surface area contributed by atoms with E-state index < -0.39 is 17.5 Å². The van der Waals surface area contributed by atoms with Gasteiger partial charge in [-0.15, -0.1) is 0 Å². The molecule has 4 N–H and O–H groups in total. The molecule has 0 saturated heterocycles. The smallest absolute Gasteiger partial charge is 0.255 e. The molecule has 36 heavy (non-hydrogen) atoms. The first-order valence-electron chi connectivity index (χ1n) is 10.6. The van der Waals surface area contributed by atoms with E-state index >= 15 is 0 Å². The summed E-state index contributed by atoms with van der Waals surface area (Å²) in [5, 5.41) is 14.9. The van der Waals surface area contributed by atoms with E-state index in [1.54, 1.807) is 12.1 Å². The summed E-state index contributed by atoms with van der Waals surface area (Å²) in [5.74, 6) is -1.09. The first-order chi connectivity index (χ1) is 17.4. The minimum absolute atomic E-state index is 0.0360. The van der Waals surface area contributed by atoms with Crippen molar-refractivity contribution in [2.75, 3.05) is 11.1 Å². The highest BCUT2D eigenvalue weighted by molar-refractivity contribution is 5.99. The number of nitrogens with one attached hydrogen (secondary N) is 2. The van der Waals surface area contributed by atoms with Crippen molar-refractivity contribution in [3.63, 3.8) is 0 Å². The molecule has 0 saturated carbocycles. The molecule has 0 atom stereocenters. The van der Waals surface area contributed by atoms with Gasteiger partial charge in [-0.05, 0) is 41.5 Å². The lowest BCUT2D eigenvalue weighted by molar-refractivity contribution is 0.0951. The van der Waals surface area contributed by atoms with Crippen LogP contribution in [0.15, 0.2) is 67.1 Å². The minimum atomic E-state index is -1.00. The first-order valence-corrected chi connectivity index (χ1v) is 10.6. The summed E-state index contributed by atoms with van der Waals surface area (Å²) in [6.07, 6.45) is 2.65. The summed E-state index contributed by atoms with van der Waals surface area (Å²) in [6.45, 7) is 0.286. The Morgan fingerprint density at radius 2 is 1.75 bits per heavy atom. The summed E-state index contributed by atoms with van der Waals surface area (Å²) >= 11 is 0. The number of nitrogen functional groups attached to an aromatic ring is 1. The monoisotopic (exact) mass is 487 g/mol. The fraction of sp³-hybridized carbons (Fsp3) is 0.0800. The fourth-order valence-electron chi connectivity index (χ4n) is 3.16. The third kappa shape index (κ3) is 6.06. The van der Waals surface area contributed by atoms with Gasteiger partial charge in [0.2, 0.25) is 5.88 Å². The molecule has 0 spiro atoms. The van der Waals surface area contributed by atoms with Gasteiger partial charge in [0.15, 0.2) is 11.6 Å². The number of nitrogens with two attached hydrogens (primary N) is 1. The van der Waals surface area contributed by atoms with Gasteiger partial charge >= 0.3 is 0 Å². The van der Waals surface area contributed by atoms with Crippen LogP contribution in [0.1, 0.15) is 27.0 Å². The molecule has 4 rings (SSSR count). The maximum Gasteiger partial charge on any atom is 0.255 e. The van der Waals surface area contributed by atoms with Crippen LogP contribution in [0.25, 0.3) is 0 Å². The third-order valence-corrected chi connectivity index (χ3v) is 4.97. The van der Waals surface area contributed by atoms with Crippen molar-refractivity contribution in [3.05, 3.63) is 101 Å². The summed E-state index contributed by atoms with van der Waals surface area (Å²) in [4.78, 5) is 24.8. The number of nitrogens with zero attached hydrogens (tertiary/aromatic N) is 4. The maximum absolute atomic E-state index is 13.4. The number of anilines is 2. The van der Waals surface area contributed by atoms with Crippen LogP contribution in [0, 0.1) is 23.0 Å². The number of carbonyl (C=O) groups excluding carboxylic acids is 1. The number of carbonyl (C=O) groups is 1. The molecular formula is C25H19F2N7O2. The highest BCUT2D eigenvalue weighted by Gasteiger charge is 2.15. The van der Waals surface area contributed by atoms with Crippen LogP contribution in [0.4, 0.5) is 20.4 Å². The zero-order valence-electron chi connectivity index (χ0n) is 18.7. The molecule has 2 aromatic carbocycles. The number of ether oxygens (including phenoxy) is 1. The highest BCUT2D eigenvalue weighted by Crippen LogP contribution is 2.21. The van der Waals surface area contributed by atoms with Gasteiger partial charge < -0.3 is 21.1 Å². The van der Waals surface area contributed by atoms with E-state index in [2.05, 4.69) is 25.6 Å². The van der Waals surface area contributed by atoms with E-state index in [9.17, 15) is 18.8 Å². The number of benzene rings is 2. The van der Waals surface area contributed by atoms with Gasteiger partial charge in [-0.3, -0.25) is 4.79 Å². The molecule has 0 bridgehead atoms. The van der Waals surface area contributed by atoms with E-state index in [0.29, 0.717) is 29.6 Å². The van der Waals surface area contributed by atoms with Gasteiger partial charge in [0.1, 0.15) is 29.8 Å². The quantitative estimate of drug-likeness (QED) is 0.340. The van der Waals surface area contributed by atoms with E-state index in [-0.39, 0.29) is 23.5 Å². The summed E-state index contributed by atoms with van der Waals surface area (Å²) in [6, 6.07) is 15.4. The van der Waals surface area contributed by atoms with Gasteiger partial charge in [0.05, 0.1) is 11.1 Å². The van der Waals surface area contributed by atoms with Crippen molar-refractivity contribution < 1.29 is 18.3 Å². The molecule has 1 amide bonds. The van der Waals surface area contributed by atoms with Crippen molar-refractivity contribution in [2.24, 2.45) is 0 Å². The van der Waals surface area contributed by atoms with Gasteiger partial charge in [0.25, 0.3) is 5.91 Å². The van der Waals surface area contributed by atoms with Crippen LogP contribution < -0.4 is 21.1 Å². The Morgan fingerprint density at radius 3 is 2.47 bits per heavy atom. The average Bonchev–Trinajstić information content (AvgIpc) is 2.88. The molecule has 0 aliphatic carbocycles. The Balaban J connectivity index is 1.42. The van der Waals surface area contributed by atoms with E-state index in [1.165, 1.54) is 30.7 Å². The number of hydrogen-bond acceptors (Lipinski definition) is 8. The number of rotatable bonds is 8. The molecule has 0 aliphatic rings. The predicted octanol–water partition coefficient (Wildman–Crippen LogP) is 3.94. The van der Waals surface area contributed by atoms with Crippen molar-refractivity contribution in [1.82, 2.24) is 20.3 Å². The second-order valence-electron chi connectivity index (χ2n) is 7.54. The van der Waals surface area contributed by atoms with E-state index in [4.69, 9.17) is 10.5 Å². The number of hydrogen-bond donors (Lipinski definition) is 3. The second-order valence-corrected chi connectivity index (χ2v) is 7.54. The van der Waals surface area contributed by atoms with Crippen LogP contribution in [0.5, 0.6) is 11.6 Å². The van der Waals surface area contributed by atoms with Crippen LogP contribution >= 0.6 is 0 Å². The van der Waals surface area contributed by atoms with Gasteiger partial charge in [-0.1, -0.05) is 18.2 Å². The minimum Gasteiger partial charge on any atom is -0.439 e. The van der Waals surface area contributed by atoms with Crippen molar-refractivity contribution in [3.8, 4) is 17.7 Å². The van der Waals surface area contributed by atoms with Crippen LogP contribution in [-0.4, -0.2) is 20.9 Å². The zero-order chi connectivity index (χ0) is 25.5. The van der Waals surface area contributed by atoms with Crippen molar-refractivity contribution in [2.45, 2.75) is 13.1 Å². The predicted molar refractivity (Wildman–Crippen MR) is 127 cm³/mol. The normalized spacial score (nSPS) is 10.4. The lowest BCUT2D eigenvalue weighted by Crippen LogP contribution is -2.24. The number of amides is 1.